The summed E-state index contributed by atoms with van der Waals surface area (Å²) in [7, 11) is 0. The maximum absolute atomic E-state index is 12.3. The zero-order chi connectivity index (χ0) is 16.8. The van der Waals surface area contributed by atoms with Gasteiger partial charge in [-0.05, 0) is 36.4 Å². The van der Waals surface area contributed by atoms with E-state index in [4.69, 9.17) is 4.74 Å². The molecule has 3 N–H and O–H groups in total. The molecule has 120 valence electrons. The van der Waals surface area contributed by atoms with Gasteiger partial charge in [-0.1, -0.05) is 30.3 Å². The van der Waals surface area contributed by atoms with Crippen molar-refractivity contribution in [3.8, 4) is 11.5 Å². The van der Waals surface area contributed by atoms with E-state index in [1.807, 2.05) is 18.2 Å². The first-order valence-corrected chi connectivity index (χ1v) is 7.30. The van der Waals surface area contributed by atoms with Crippen LogP contribution in [0.25, 0.3) is 0 Å². The molecule has 0 bridgehead atoms. The van der Waals surface area contributed by atoms with Crippen molar-refractivity contribution >= 4 is 11.8 Å². The molecule has 3 rings (SSSR count). The standard InChI is InChI=1S/C18H15N3O3/c22-17(20-21-18(23)15-10-6-12-19-15)14-9-4-5-11-16(14)24-13-7-2-1-3-8-13/h1-12,19H,(H,20,22)(H,21,23). The Balaban J connectivity index is 1.70. The molecule has 0 aliphatic heterocycles. The van der Waals surface area contributed by atoms with Gasteiger partial charge in [0.05, 0.1) is 5.56 Å². The molecule has 1 heterocycles. The highest BCUT2D eigenvalue weighted by atomic mass is 16.5. The van der Waals surface area contributed by atoms with Gasteiger partial charge in [-0.3, -0.25) is 20.4 Å². The van der Waals surface area contributed by atoms with Crippen molar-refractivity contribution in [2.45, 2.75) is 0 Å². The predicted molar refractivity (Wildman–Crippen MR) is 88.7 cm³/mol. The molecule has 2 amide bonds. The number of H-pyrrole nitrogens is 1. The van der Waals surface area contributed by atoms with Gasteiger partial charge in [-0.25, -0.2) is 0 Å². The molecule has 0 saturated heterocycles. The quantitative estimate of drug-likeness (QED) is 0.646. The van der Waals surface area contributed by atoms with Crippen LogP contribution in [0.2, 0.25) is 0 Å². The van der Waals surface area contributed by atoms with Crippen molar-refractivity contribution in [3.63, 3.8) is 0 Å². The highest BCUT2D eigenvalue weighted by Gasteiger charge is 2.14. The third-order valence-corrected chi connectivity index (χ3v) is 3.23. The lowest BCUT2D eigenvalue weighted by Gasteiger charge is -2.11. The number of aromatic nitrogens is 1. The predicted octanol–water partition coefficient (Wildman–Crippen LogP) is 2.88. The highest BCUT2D eigenvalue weighted by Crippen LogP contribution is 2.24. The lowest BCUT2D eigenvalue weighted by molar-refractivity contribution is 0.0843. The van der Waals surface area contributed by atoms with Crippen molar-refractivity contribution in [2.24, 2.45) is 0 Å². The molecule has 0 radical (unpaired) electrons. The normalized spacial score (nSPS) is 10.0. The molecule has 6 nitrogen and oxygen atoms in total. The number of nitrogens with one attached hydrogen (secondary N) is 3. The summed E-state index contributed by atoms with van der Waals surface area (Å²) in [6.07, 6.45) is 1.62. The number of aromatic amines is 1. The first-order valence-electron chi connectivity index (χ1n) is 7.30. The Kier molecular flexibility index (Phi) is 4.57. The second-order valence-electron chi connectivity index (χ2n) is 4.90. The average molecular weight is 321 g/mol. The van der Waals surface area contributed by atoms with Crippen LogP contribution in [0, 0.1) is 0 Å². The highest BCUT2D eigenvalue weighted by molar-refractivity contribution is 5.99. The number of hydrogen-bond acceptors (Lipinski definition) is 3. The Morgan fingerprint density at radius 3 is 2.25 bits per heavy atom. The van der Waals surface area contributed by atoms with Gasteiger partial charge in [0.2, 0.25) is 0 Å². The maximum atomic E-state index is 12.3. The van der Waals surface area contributed by atoms with E-state index in [9.17, 15) is 9.59 Å². The number of para-hydroxylation sites is 2. The molecule has 2 aromatic carbocycles. The number of rotatable bonds is 4. The second-order valence-corrected chi connectivity index (χ2v) is 4.90. The molecule has 0 saturated carbocycles. The van der Waals surface area contributed by atoms with Gasteiger partial charge in [0, 0.05) is 6.20 Å². The molecule has 6 heteroatoms. The van der Waals surface area contributed by atoms with Gasteiger partial charge in [-0.15, -0.1) is 0 Å². The fraction of sp³-hybridized carbons (Fsp3) is 0. The van der Waals surface area contributed by atoms with Crippen molar-refractivity contribution < 1.29 is 14.3 Å². The summed E-state index contributed by atoms with van der Waals surface area (Å²) in [5.41, 5.74) is 5.39. The fourth-order valence-corrected chi connectivity index (χ4v) is 2.08. The Labute approximate surface area is 138 Å². The molecule has 0 aliphatic rings. The first-order chi connectivity index (χ1) is 11.7. The zero-order valence-corrected chi connectivity index (χ0v) is 12.7. The summed E-state index contributed by atoms with van der Waals surface area (Å²) >= 11 is 0. The molecule has 0 aliphatic carbocycles. The van der Waals surface area contributed by atoms with E-state index in [-0.39, 0.29) is 0 Å². The third kappa shape index (κ3) is 3.61. The van der Waals surface area contributed by atoms with Crippen LogP contribution in [0.3, 0.4) is 0 Å². The fourth-order valence-electron chi connectivity index (χ4n) is 2.08. The van der Waals surface area contributed by atoms with E-state index >= 15 is 0 Å². The smallest absolute Gasteiger partial charge is 0.286 e. The summed E-state index contributed by atoms with van der Waals surface area (Å²) in [6, 6.07) is 19.2. The SMILES string of the molecule is O=C(NNC(=O)c1ccccc1Oc1ccccc1)c1ccc[nH]1. The van der Waals surface area contributed by atoms with E-state index in [1.54, 1.807) is 54.7 Å². The van der Waals surface area contributed by atoms with Crippen LogP contribution in [0.1, 0.15) is 20.8 Å². The van der Waals surface area contributed by atoms with Crippen LogP contribution in [0.15, 0.2) is 72.9 Å². The van der Waals surface area contributed by atoms with E-state index in [0.717, 1.165) is 0 Å². The van der Waals surface area contributed by atoms with Gasteiger partial charge < -0.3 is 9.72 Å². The van der Waals surface area contributed by atoms with Crippen LogP contribution in [0.5, 0.6) is 11.5 Å². The number of carbonyl (C=O) groups is 2. The van der Waals surface area contributed by atoms with Crippen molar-refractivity contribution in [1.29, 1.82) is 0 Å². The van der Waals surface area contributed by atoms with E-state index in [0.29, 0.717) is 22.8 Å². The van der Waals surface area contributed by atoms with Crippen LogP contribution < -0.4 is 15.6 Å². The topological polar surface area (TPSA) is 83.2 Å². The van der Waals surface area contributed by atoms with E-state index in [1.165, 1.54) is 0 Å². The molecule has 3 aromatic rings. The van der Waals surface area contributed by atoms with Crippen molar-refractivity contribution in [3.05, 3.63) is 84.2 Å². The van der Waals surface area contributed by atoms with E-state index in [2.05, 4.69) is 15.8 Å². The summed E-state index contributed by atoms with van der Waals surface area (Å²) in [6.45, 7) is 0. The van der Waals surface area contributed by atoms with Gasteiger partial charge in [0.1, 0.15) is 17.2 Å². The number of amides is 2. The largest absolute Gasteiger partial charge is 0.457 e. The van der Waals surface area contributed by atoms with Gasteiger partial charge in [-0.2, -0.15) is 0 Å². The molecule has 0 unspecified atom stereocenters. The van der Waals surface area contributed by atoms with Crippen LogP contribution in [-0.4, -0.2) is 16.8 Å². The first kappa shape index (κ1) is 15.4. The van der Waals surface area contributed by atoms with Gasteiger partial charge in [0.25, 0.3) is 11.8 Å². The Morgan fingerprint density at radius 2 is 1.50 bits per heavy atom. The van der Waals surface area contributed by atoms with Gasteiger partial charge >= 0.3 is 0 Å². The van der Waals surface area contributed by atoms with Crippen molar-refractivity contribution in [1.82, 2.24) is 15.8 Å². The van der Waals surface area contributed by atoms with Crippen molar-refractivity contribution in [2.75, 3.05) is 0 Å². The minimum Gasteiger partial charge on any atom is -0.457 e. The van der Waals surface area contributed by atoms with Gasteiger partial charge in [0.15, 0.2) is 0 Å². The lowest BCUT2D eigenvalue weighted by atomic mass is 10.2. The monoisotopic (exact) mass is 321 g/mol. The Bertz CT molecular complexity index is 830. The molecule has 0 spiro atoms. The number of carbonyl (C=O) groups excluding carboxylic acids is 2. The number of hydrogen-bond donors (Lipinski definition) is 3. The Morgan fingerprint density at radius 1 is 0.792 bits per heavy atom. The molecule has 24 heavy (non-hydrogen) atoms. The maximum Gasteiger partial charge on any atom is 0.286 e. The van der Waals surface area contributed by atoms with E-state index < -0.39 is 11.8 Å². The van der Waals surface area contributed by atoms with Crippen LogP contribution in [-0.2, 0) is 0 Å². The zero-order valence-electron chi connectivity index (χ0n) is 12.7. The molecule has 0 fully saturated rings. The molecular formula is C18H15N3O3. The second kappa shape index (κ2) is 7.15. The molecule has 1 aromatic heterocycles. The molecule has 0 atom stereocenters. The van der Waals surface area contributed by atoms with Crippen LogP contribution >= 0.6 is 0 Å². The lowest BCUT2D eigenvalue weighted by Crippen LogP contribution is -2.41. The summed E-state index contributed by atoms with van der Waals surface area (Å²) in [4.78, 5) is 26.9. The minimum absolute atomic E-state index is 0.313. The summed E-state index contributed by atoms with van der Waals surface area (Å²) < 4.78 is 5.73. The number of ether oxygens (including phenoxy) is 1. The number of hydrazine groups is 1. The third-order valence-electron chi connectivity index (χ3n) is 3.23. The minimum atomic E-state index is -0.471. The molecular weight excluding hydrogens is 306 g/mol. The number of benzene rings is 2. The summed E-state index contributed by atoms with van der Waals surface area (Å²) in [5.74, 6) is 0.111. The average Bonchev–Trinajstić information content (AvgIpc) is 3.15. The van der Waals surface area contributed by atoms with Crippen LogP contribution in [0.4, 0.5) is 0 Å². The Hall–Kier alpha value is -3.54. The summed E-state index contributed by atoms with van der Waals surface area (Å²) in [5, 5.41) is 0.